The summed E-state index contributed by atoms with van der Waals surface area (Å²) >= 11 is 0. The third-order valence-corrected chi connectivity index (χ3v) is 6.70. The summed E-state index contributed by atoms with van der Waals surface area (Å²) < 4.78 is 5.21. The zero-order valence-electron chi connectivity index (χ0n) is 15.2. The minimum Gasteiger partial charge on any atom is -0.497 e. The van der Waals surface area contributed by atoms with Gasteiger partial charge in [0.1, 0.15) is 11.8 Å². The lowest BCUT2D eigenvalue weighted by Crippen LogP contribution is -2.56. The maximum Gasteiger partial charge on any atom is 0.326 e. The van der Waals surface area contributed by atoms with Crippen molar-refractivity contribution in [2.24, 2.45) is 23.2 Å². The van der Waals surface area contributed by atoms with Crippen LogP contribution in [0.3, 0.4) is 0 Å². The zero-order chi connectivity index (χ0) is 18.3. The van der Waals surface area contributed by atoms with E-state index in [1.807, 2.05) is 24.3 Å². The van der Waals surface area contributed by atoms with E-state index >= 15 is 0 Å². The highest BCUT2D eigenvalue weighted by molar-refractivity contribution is 5.88. The van der Waals surface area contributed by atoms with Gasteiger partial charge in [-0.3, -0.25) is 4.79 Å². The predicted molar refractivity (Wildman–Crippen MR) is 96.9 cm³/mol. The summed E-state index contributed by atoms with van der Waals surface area (Å²) in [5.41, 5.74) is 0.527. The molecule has 1 atom stereocenters. The van der Waals surface area contributed by atoms with Gasteiger partial charge in [0, 0.05) is 11.8 Å². The Balaban J connectivity index is 1.48. The summed E-state index contributed by atoms with van der Waals surface area (Å²) in [5, 5.41) is 12.5. The summed E-state index contributed by atoms with van der Waals surface area (Å²) in [6.45, 7) is 0. The summed E-state index contributed by atoms with van der Waals surface area (Å²) in [6, 6.07) is 6.46. The second kappa shape index (κ2) is 6.60. The van der Waals surface area contributed by atoms with Crippen molar-refractivity contribution in [1.82, 2.24) is 5.32 Å². The number of nitrogens with one attached hydrogen (secondary N) is 1. The number of carboxylic acids is 1. The van der Waals surface area contributed by atoms with Crippen molar-refractivity contribution in [3.63, 3.8) is 0 Å². The van der Waals surface area contributed by atoms with Crippen molar-refractivity contribution in [3.8, 4) is 5.75 Å². The van der Waals surface area contributed by atoms with Crippen LogP contribution in [0.25, 0.3) is 0 Å². The van der Waals surface area contributed by atoms with Crippen LogP contribution in [0.2, 0.25) is 0 Å². The van der Waals surface area contributed by atoms with Gasteiger partial charge in [-0.1, -0.05) is 12.1 Å². The van der Waals surface area contributed by atoms with Crippen molar-refractivity contribution < 1.29 is 19.4 Å². The third-order valence-electron chi connectivity index (χ3n) is 6.70. The molecule has 5 nitrogen and oxygen atoms in total. The highest BCUT2D eigenvalue weighted by atomic mass is 16.5. The Morgan fingerprint density at radius 3 is 2.35 bits per heavy atom. The van der Waals surface area contributed by atoms with Crippen LogP contribution in [0.5, 0.6) is 5.75 Å². The van der Waals surface area contributed by atoms with Crippen LogP contribution in [-0.4, -0.2) is 30.1 Å². The molecule has 0 aliphatic heterocycles. The number of carbonyl (C=O) groups excluding carboxylic acids is 1. The number of hydrogen-bond donors (Lipinski definition) is 2. The largest absolute Gasteiger partial charge is 0.497 e. The van der Waals surface area contributed by atoms with Crippen LogP contribution in [0, 0.1) is 23.2 Å². The molecule has 2 N–H and O–H groups in total. The van der Waals surface area contributed by atoms with Gasteiger partial charge in [0.15, 0.2) is 0 Å². The first-order chi connectivity index (χ1) is 12.5. The number of carboxylic acid groups (broad SMARTS) is 1. The van der Waals surface area contributed by atoms with Crippen LogP contribution in [-0.2, 0) is 16.0 Å². The van der Waals surface area contributed by atoms with Crippen molar-refractivity contribution in [3.05, 3.63) is 29.8 Å². The van der Waals surface area contributed by atoms with Gasteiger partial charge in [-0.25, -0.2) is 4.79 Å². The Morgan fingerprint density at radius 2 is 1.81 bits per heavy atom. The molecule has 5 heteroatoms. The molecular formula is C21H27NO4. The van der Waals surface area contributed by atoms with Gasteiger partial charge >= 0.3 is 5.97 Å². The van der Waals surface area contributed by atoms with Gasteiger partial charge in [-0.15, -0.1) is 0 Å². The molecule has 5 rings (SSSR count). The van der Waals surface area contributed by atoms with E-state index in [1.165, 1.54) is 19.3 Å². The minimum absolute atomic E-state index is 0.0353. The second-order valence-electron chi connectivity index (χ2n) is 8.62. The van der Waals surface area contributed by atoms with Crippen molar-refractivity contribution in [2.75, 3.05) is 7.11 Å². The SMILES string of the molecule is COc1cccc(C[C@@H](NC(=O)C23CC4CC(CC(C4)C2)C3)C(=O)O)c1. The molecule has 4 saturated carbocycles. The first kappa shape index (κ1) is 17.4. The van der Waals surface area contributed by atoms with E-state index in [-0.39, 0.29) is 17.7 Å². The van der Waals surface area contributed by atoms with E-state index in [1.54, 1.807) is 7.11 Å². The number of carbonyl (C=O) groups is 2. The normalized spacial score (nSPS) is 32.9. The summed E-state index contributed by atoms with van der Waals surface area (Å²) in [6.07, 6.45) is 6.88. The fourth-order valence-electron chi connectivity index (χ4n) is 5.94. The average molecular weight is 357 g/mol. The first-order valence-corrected chi connectivity index (χ1v) is 9.64. The lowest BCUT2D eigenvalue weighted by Gasteiger charge is -2.55. The van der Waals surface area contributed by atoms with Gasteiger partial charge in [0.2, 0.25) is 5.91 Å². The Hall–Kier alpha value is -2.04. The minimum atomic E-state index is -0.981. The van der Waals surface area contributed by atoms with E-state index < -0.39 is 12.0 Å². The topological polar surface area (TPSA) is 75.6 Å². The van der Waals surface area contributed by atoms with Gasteiger partial charge in [-0.05, 0) is 74.0 Å². The molecule has 0 heterocycles. The summed E-state index contributed by atoms with van der Waals surface area (Å²) in [5.74, 6) is 1.66. The fourth-order valence-corrected chi connectivity index (χ4v) is 5.94. The monoisotopic (exact) mass is 357 g/mol. The summed E-state index contributed by atoms with van der Waals surface area (Å²) in [7, 11) is 1.59. The van der Waals surface area contributed by atoms with E-state index in [4.69, 9.17) is 4.74 Å². The Labute approximate surface area is 154 Å². The maximum absolute atomic E-state index is 13.1. The van der Waals surface area contributed by atoms with Crippen LogP contribution in [0.1, 0.15) is 44.1 Å². The number of rotatable bonds is 6. The number of benzene rings is 1. The third kappa shape index (κ3) is 3.19. The number of ether oxygens (including phenoxy) is 1. The molecule has 0 saturated heterocycles. The molecule has 0 spiro atoms. The van der Waals surface area contributed by atoms with Crippen LogP contribution >= 0.6 is 0 Å². The lowest BCUT2D eigenvalue weighted by atomic mass is 9.49. The molecule has 1 aromatic rings. The maximum atomic E-state index is 13.1. The van der Waals surface area contributed by atoms with E-state index in [9.17, 15) is 14.7 Å². The Kier molecular flexibility index (Phi) is 4.41. The Bertz CT molecular complexity index is 678. The van der Waals surface area contributed by atoms with Crippen molar-refractivity contribution in [2.45, 2.75) is 51.0 Å². The van der Waals surface area contributed by atoms with Gasteiger partial charge in [-0.2, -0.15) is 0 Å². The number of hydrogen-bond acceptors (Lipinski definition) is 3. The van der Waals surface area contributed by atoms with Gasteiger partial charge in [0.25, 0.3) is 0 Å². The fraction of sp³-hybridized carbons (Fsp3) is 0.619. The molecule has 4 bridgehead atoms. The van der Waals surface area contributed by atoms with Crippen LogP contribution < -0.4 is 10.1 Å². The molecule has 0 aromatic heterocycles. The van der Waals surface area contributed by atoms with Crippen molar-refractivity contribution in [1.29, 1.82) is 0 Å². The first-order valence-electron chi connectivity index (χ1n) is 9.64. The molecule has 0 radical (unpaired) electrons. The highest BCUT2D eigenvalue weighted by Crippen LogP contribution is 2.60. The van der Waals surface area contributed by atoms with Crippen LogP contribution in [0.4, 0.5) is 0 Å². The Morgan fingerprint density at radius 1 is 1.19 bits per heavy atom. The standard InChI is InChI=1S/C21H27NO4/c1-26-17-4-2-3-13(8-17)9-18(19(23)24)22-20(25)21-10-14-5-15(11-21)7-16(6-14)12-21/h2-4,8,14-16,18H,5-7,9-12H2,1H3,(H,22,25)(H,23,24)/t14?,15?,16?,18-,21?/m1/s1. The lowest BCUT2D eigenvalue weighted by molar-refractivity contribution is -0.151. The molecule has 26 heavy (non-hydrogen) atoms. The molecule has 140 valence electrons. The molecule has 1 amide bonds. The van der Waals surface area contributed by atoms with Gasteiger partial charge < -0.3 is 15.2 Å². The van der Waals surface area contributed by atoms with E-state index in [2.05, 4.69) is 5.32 Å². The molecule has 4 aliphatic rings. The van der Waals surface area contributed by atoms with E-state index in [0.717, 1.165) is 24.8 Å². The predicted octanol–water partition coefficient (Wildman–Crippen LogP) is 3.02. The van der Waals surface area contributed by atoms with Crippen LogP contribution in [0.15, 0.2) is 24.3 Å². The quantitative estimate of drug-likeness (QED) is 0.821. The zero-order valence-corrected chi connectivity index (χ0v) is 15.2. The average Bonchev–Trinajstić information content (AvgIpc) is 2.60. The van der Waals surface area contributed by atoms with Crippen molar-refractivity contribution >= 4 is 11.9 Å². The molecular weight excluding hydrogens is 330 g/mol. The molecule has 4 aliphatic carbocycles. The molecule has 4 fully saturated rings. The van der Waals surface area contributed by atoms with Gasteiger partial charge in [0.05, 0.1) is 7.11 Å². The molecule has 0 unspecified atom stereocenters. The number of amides is 1. The smallest absolute Gasteiger partial charge is 0.326 e. The summed E-state index contributed by atoms with van der Waals surface area (Å²) in [4.78, 5) is 24.9. The highest BCUT2D eigenvalue weighted by Gasteiger charge is 2.54. The second-order valence-corrected chi connectivity index (χ2v) is 8.62. The number of methoxy groups -OCH3 is 1. The van der Waals surface area contributed by atoms with E-state index in [0.29, 0.717) is 23.5 Å². The molecule has 1 aromatic carbocycles. The number of aliphatic carboxylic acids is 1.